The maximum atomic E-state index is 12.4. The monoisotopic (exact) mass is 328 g/mol. The predicted molar refractivity (Wildman–Crippen MR) is 87.8 cm³/mol. The van der Waals surface area contributed by atoms with Crippen molar-refractivity contribution >= 4 is 29.9 Å². The Kier molecular flexibility index (Phi) is 5.53. The van der Waals surface area contributed by atoms with Crippen LogP contribution < -0.4 is 10.6 Å². The summed E-state index contributed by atoms with van der Waals surface area (Å²) in [5.41, 5.74) is 1.17. The number of carbonyl (C=O) groups is 1. The number of hydrogen-bond acceptors (Lipinski definition) is 2. The van der Waals surface area contributed by atoms with Gasteiger partial charge in [-0.05, 0) is 48.9 Å². The van der Waals surface area contributed by atoms with Crippen molar-refractivity contribution in [2.75, 3.05) is 13.1 Å². The van der Waals surface area contributed by atoms with Gasteiger partial charge in [0.15, 0.2) is 0 Å². The minimum absolute atomic E-state index is 0. The summed E-state index contributed by atoms with van der Waals surface area (Å²) >= 11 is 5.95. The molecule has 1 aliphatic carbocycles. The molecule has 1 amide bonds. The Hall–Kier alpha value is -0.770. The normalized spacial score (nSPS) is 28.6. The van der Waals surface area contributed by atoms with Crippen LogP contribution in [-0.2, 0) is 4.79 Å². The van der Waals surface area contributed by atoms with E-state index in [0.717, 1.165) is 24.5 Å². The molecule has 1 heterocycles. The average Bonchev–Trinajstić information content (AvgIpc) is 2.94. The fraction of sp³-hybridized carbons (Fsp3) is 0.562. The quantitative estimate of drug-likeness (QED) is 0.891. The van der Waals surface area contributed by atoms with Crippen LogP contribution in [0.1, 0.15) is 31.4 Å². The smallest absolute Gasteiger partial charge is 0.224 e. The molecule has 1 saturated carbocycles. The minimum Gasteiger partial charge on any atom is -0.349 e. The molecule has 4 atom stereocenters. The van der Waals surface area contributed by atoms with Crippen LogP contribution in [0.5, 0.6) is 0 Å². The molecule has 3 nitrogen and oxygen atoms in total. The van der Waals surface area contributed by atoms with Crippen LogP contribution in [0.4, 0.5) is 0 Å². The molecule has 2 fully saturated rings. The molecule has 21 heavy (non-hydrogen) atoms. The Morgan fingerprint density at radius 2 is 2.05 bits per heavy atom. The van der Waals surface area contributed by atoms with E-state index in [2.05, 4.69) is 17.6 Å². The van der Waals surface area contributed by atoms with Gasteiger partial charge in [0.05, 0.1) is 12.0 Å². The summed E-state index contributed by atoms with van der Waals surface area (Å²) in [5, 5.41) is 7.25. The maximum Gasteiger partial charge on any atom is 0.224 e. The molecule has 0 aromatic heterocycles. The van der Waals surface area contributed by atoms with Crippen LogP contribution in [0.3, 0.4) is 0 Å². The summed E-state index contributed by atoms with van der Waals surface area (Å²) in [5.74, 6) is 1.57. The van der Waals surface area contributed by atoms with Crippen LogP contribution in [0.2, 0.25) is 5.02 Å². The highest BCUT2D eigenvalue weighted by Crippen LogP contribution is 2.47. The number of amides is 1. The summed E-state index contributed by atoms with van der Waals surface area (Å²) in [6.45, 7) is 4.00. The van der Waals surface area contributed by atoms with Gasteiger partial charge in [0.2, 0.25) is 5.91 Å². The number of carbonyl (C=O) groups excluding carboxylic acids is 1. The molecule has 5 heteroatoms. The van der Waals surface area contributed by atoms with Crippen LogP contribution in [0.25, 0.3) is 0 Å². The number of hydrogen-bond donors (Lipinski definition) is 2. The lowest BCUT2D eigenvalue weighted by Gasteiger charge is -2.21. The minimum atomic E-state index is 0. The third kappa shape index (κ3) is 3.91. The number of rotatable bonds is 4. The molecule has 0 radical (unpaired) electrons. The Labute approximate surface area is 137 Å². The first-order chi connectivity index (χ1) is 9.65. The first kappa shape index (κ1) is 16.6. The molecule has 4 unspecified atom stereocenters. The first-order valence-electron chi connectivity index (χ1n) is 7.41. The van der Waals surface area contributed by atoms with Gasteiger partial charge in [0.1, 0.15) is 0 Å². The molecule has 1 aliphatic heterocycles. The third-order valence-electron chi connectivity index (χ3n) is 4.56. The summed E-state index contributed by atoms with van der Waals surface area (Å²) in [6.07, 6.45) is 2.13. The maximum absolute atomic E-state index is 12.4. The van der Waals surface area contributed by atoms with Gasteiger partial charge in [-0.3, -0.25) is 4.79 Å². The van der Waals surface area contributed by atoms with E-state index >= 15 is 0 Å². The molecule has 2 aliphatic rings. The molecular weight excluding hydrogens is 307 g/mol. The zero-order valence-electron chi connectivity index (χ0n) is 12.1. The van der Waals surface area contributed by atoms with E-state index in [1.807, 2.05) is 24.3 Å². The Bertz CT molecular complexity index is 486. The molecule has 0 bridgehead atoms. The van der Waals surface area contributed by atoms with E-state index in [4.69, 9.17) is 11.6 Å². The van der Waals surface area contributed by atoms with Gasteiger partial charge in [-0.2, -0.15) is 0 Å². The van der Waals surface area contributed by atoms with Gasteiger partial charge in [0.25, 0.3) is 0 Å². The lowest BCUT2D eigenvalue weighted by Crippen LogP contribution is -2.36. The first-order valence-corrected chi connectivity index (χ1v) is 7.79. The van der Waals surface area contributed by atoms with E-state index in [0.29, 0.717) is 11.8 Å². The van der Waals surface area contributed by atoms with Gasteiger partial charge in [-0.25, -0.2) is 0 Å². The Morgan fingerprint density at radius 1 is 1.38 bits per heavy atom. The molecular formula is C16H22Cl2N2O. The molecule has 3 rings (SSSR count). The predicted octanol–water partition coefficient (Wildman–Crippen LogP) is 3.18. The number of nitrogens with one attached hydrogen (secondary N) is 2. The molecule has 1 aromatic carbocycles. The van der Waals surface area contributed by atoms with Crippen LogP contribution in [-0.4, -0.2) is 19.0 Å². The standard InChI is InChI=1S/C16H21ClN2O.ClH/c1-10-8-14(10)15(11-2-4-13(17)5-3-11)19-16(20)12-6-7-18-9-12;/h2-5,10,12,14-15,18H,6-9H2,1H3,(H,19,20);1H. The van der Waals surface area contributed by atoms with Crippen molar-refractivity contribution in [2.24, 2.45) is 17.8 Å². The average molecular weight is 329 g/mol. The van der Waals surface area contributed by atoms with E-state index in [1.54, 1.807) is 0 Å². The summed E-state index contributed by atoms with van der Waals surface area (Å²) in [7, 11) is 0. The fourth-order valence-corrected chi connectivity index (χ4v) is 3.20. The molecule has 2 N–H and O–H groups in total. The fourth-order valence-electron chi connectivity index (χ4n) is 3.07. The van der Waals surface area contributed by atoms with Gasteiger partial charge in [-0.15, -0.1) is 12.4 Å². The molecule has 1 aromatic rings. The summed E-state index contributed by atoms with van der Waals surface area (Å²) in [4.78, 5) is 12.4. The van der Waals surface area contributed by atoms with Gasteiger partial charge < -0.3 is 10.6 Å². The second-order valence-corrected chi connectivity index (χ2v) is 6.54. The van der Waals surface area contributed by atoms with E-state index in [-0.39, 0.29) is 30.3 Å². The SMILES string of the molecule is CC1CC1C(NC(=O)C1CCNC1)c1ccc(Cl)cc1.Cl. The van der Waals surface area contributed by atoms with Crippen molar-refractivity contribution in [3.63, 3.8) is 0 Å². The lowest BCUT2D eigenvalue weighted by atomic mass is 9.99. The Morgan fingerprint density at radius 3 is 2.57 bits per heavy atom. The van der Waals surface area contributed by atoms with E-state index in [1.165, 1.54) is 12.0 Å². The highest BCUT2D eigenvalue weighted by Gasteiger charge is 2.41. The zero-order valence-corrected chi connectivity index (χ0v) is 13.7. The van der Waals surface area contributed by atoms with Crippen molar-refractivity contribution in [1.82, 2.24) is 10.6 Å². The van der Waals surface area contributed by atoms with E-state index in [9.17, 15) is 4.79 Å². The lowest BCUT2D eigenvalue weighted by molar-refractivity contribution is -0.125. The van der Waals surface area contributed by atoms with E-state index < -0.39 is 0 Å². The van der Waals surface area contributed by atoms with Gasteiger partial charge in [-0.1, -0.05) is 30.7 Å². The van der Waals surface area contributed by atoms with Crippen LogP contribution in [0, 0.1) is 17.8 Å². The van der Waals surface area contributed by atoms with Crippen LogP contribution >= 0.6 is 24.0 Å². The summed E-state index contributed by atoms with van der Waals surface area (Å²) < 4.78 is 0. The van der Waals surface area contributed by atoms with Crippen LogP contribution in [0.15, 0.2) is 24.3 Å². The topological polar surface area (TPSA) is 41.1 Å². The second kappa shape index (κ2) is 6.99. The Balaban J connectivity index is 0.00000161. The van der Waals surface area contributed by atoms with Crippen molar-refractivity contribution < 1.29 is 4.79 Å². The molecule has 0 spiro atoms. The second-order valence-electron chi connectivity index (χ2n) is 6.10. The van der Waals surface area contributed by atoms with Crippen molar-refractivity contribution in [3.8, 4) is 0 Å². The van der Waals surface area contributed by atoms with Gasteiger partial charge in [0, 0.05) is 11.6 Å². The van der Waals surface area contributed by atoms with Crippen molar-refractivity contribution in [2.45, 2.75) is 25.8 Å². The molecule has 1 saturated heterocycles. The number of benzene rings is 1. The van der Waals surface area contributed by atoms with Gasteiger partial charge >= 0.3 is 0 Å². The summed E-state index contributed by atoms with van der Waals surface area (Å²) in [6, 6.07) is 8.01. The van der Waals surface area contributed by atoms with Crippen molar-refractivity contribution in [3.05, 3.63) is 34.9 Å². The highest BCUT2D eigenvalue weighted by atomic mass is 35.5. The largest absolute Gasteiger partial charge is 0.349 e. The van der Waals surface area contributed by atoms with Crippen molar-refractivity contribution in [1.29, 1.82) is 0 Å². The third-order valence-corrected chi connectivity index (χ3v) is 4.81. The molecule has 116 valence electrons. The zero-order chi connectivity index (χ0) is 14.1. The number of halogens is 2. The highest BCUT2D eigenvalue weighted by molar-refractivity contribution is 6.30.